The maximum Gasteiger partial charge on any atom is 0.0987 e. The Kier molecular flexibility index (Phi) is 4.79. The molecule has 1 fully saturated rings. The molecule has 3 aromatic rings. The molecule has 0 aliphatic carbocycles. The van der Waals surface area contributed by atoms with Gasteiger partial charge in [0.2, 0.25) is 0 Å². The van der Waals surface area contributed by atoms with Crippen LogP contribution in [0.25, 0.3) is 22.2 Å². The van der Waals surface area contributed by atoms with Crippen LogP contribution in [0.1, 0.15) is 12.8 Å². The molecule has 0 unspecified atom stereocenters. The average molecular weight is 350 g/mol. The van der Waals surface area contributed by atoms with Gasteiger partial charge in [0.1, 0.15) is 0 Å². The van der Waals surface area contributed by atoms with Crippen molar-refractivity contribution in [3.05, 3.63) is 54.6 Å². The smallest absolute Gasteiger partial charge is 0.0987 e. The summed E-state index contributed by atoms with van der Waals surface area (Å²) in [5.74, 6) is 2.27. The minimum Gasteiger partial charge on any atom is -0.363 e. The monoisotopic (exact) mass is 349 g/mol. The first kappa shape index (κ1) is 16.3. The maximum absolute atomic E-state index is 4.80. The average Bonchev–Trinajstić information content (AvgIpc) is 3.23. The van der Waals surface area contributed by atoms with Gasteiger partial charge in [0.15, 0.2) is 0 Å². The second-order valence-corrected chi connectivity index (χ2v) is 7.52. The van der Waals surface area contributed by atoms with Gasteiger partial charge in [-0.15, -0.1) is 11.8 Å². The highest BCUT2D eigenvalue weighted by molar-refractivity contribution is 7.99. The molecule has 3 nitrogen and oxygen atoms in total. The van der Waals surface area contributed by atoms with Gasteiger partial charge < -0.3 is 9.88 Å². The van der Waals surface area contributed by atoms with Crippen LogP contribution in [0.5, 0.6) is 0 Å². The van der Waals surface area contributed by atoms with Crippen LogP contribution in [0, 0.1) is 0 Å². The molecule has 2 heterocycles. The van der Waals surface area contributed by atoms with Crippen molar-refractivity contribution in [2.45, 2.75) is 17.7 Å². The molecular weight excluding hydrogens is 326 g/mol. The highest BCUT2D eigenvalue weighted by atomic mass is 32.2. The highest BCUT2D eigenvalue weighted by Crippen LogP contribution is 2.37. The molecule has 0 radical (unpaired) electrons. The Balaban J connectivity index is 1.57. The molecule has 0 saturated carbocycles. The van der Waals surface area contributed by atoms with Crippen molar-refractivity contribution in [1.82, 2.24) is 9.88 Å². The zero-order valence-electron chi connectivity index (χ0n) is 14.5. The first-order valence-electron chi connectivity index (χ1n) is 8.86. The zero-order chi connectivity index (χ0) is 17.1. The second kappa shape index (κ2) is 7.36. The van der Waals surface area contributed by atoms with Crippen molar-refractivity contribution < 1.29 is 0 Å². The number of nitrogens with zero attached hydrogens (tertiary/aromatic N) is 2. The third kappa shape index (κ3) is 3.45. The molecule has 1 N–H and O–H groups in total. The summed E-state index contributed by atoms with van der Waals surface area (Å²) >= 11 is 1.91. The Morgan fingerprint density at radius 1 is 1.08 bits per heavy atom. The molecule has 25 heavy (non-hydrogen) atoms. The predicted octanol–water partition coefficient (Wildman–Crippen LogP) is 5.05. The third-order valence-corrected chi connectivity index (χ3v) is 5.79. The lowest BCUT2D eigenvalue weighted by atomic mass is 10.1. The molecular formula is C21H23N3S. The van der Waals surface area contributed by atoms with E-state index in [1.54, 1.807) is 0 Å². The molecule has 4 heteroatoms. The topological polar surface area (TPSA) is 31.4 Å². The summed E-state index contributed by atoms with van der Waals surface area (Å²) < 4.78 is 0. The molecule has 1 aliphatic heterocycles. The van der Waals surface area contributed by atoms with Gasteiger partial charge in [-0.3, -0.25) is 4.99 Å². The van der Waals surface area contributed by atoms with Crippen LogP contribution in [-0.2, 0) is 0 Å². The van der Waals surface area contributed by atoms with Gasteiger partial charge in [0.05, 0.1) is 18.1 Å². The van der Waals surface area contributed by atoms with Crippen molar-refractivity contribution in [2.75, 3.05) is 25.9 Å². The third-order valence-electron chi connectivity index (χ3n) is 4.69. The van der Waals surface area contributed by atoms with Crippen LogP contribution in [0.4, 0.5) is 0 Å². The first-order valence-corrected chi connectivity index (χ1v) is 9.85. The summed E-state index contributed by atoms with van der Waals surface area (Å²) in [7, 11) is 2.14. The van der Waals surface area contributed by atoms with E-state index < -0.39 is 0 Å². The summed E-state index contributed by atoms with van der Waals surface area (Å²) in [6.45, 7) is 2.02. The Labute approximate surface area is 153 Å². The van der Waals surface area contributed by atoms with Crippen molar-refractivity contribution in [2.24, 2.45) is 4.99 Å². The van der Waals surface area contributed by atoms with E-state index in [4.69, 9.17) is 4.99 Å². The number of amidine groups is 1. The number of aromatic nitrogens is 1. The number of rotatable bonds is 5. The van der Waals surface area contributed by atoms with Gasteiger partial charge >= 0.3 is 0 Å². The van der Waals surface area contributed by atoms with Crippen LogP contribution < -0.4 is 0 Å². The molecule has 1 aliphatic rings. The lowest BCUT2D eigenvalue weighted by Gasteiger charge is -2.11. The summed E-state index contributed by atoms with van der Waals surface area (Å²) in [5.41, 5.74) is 3.66. The molecule has 0 atom stereocenters. The van der Waals surface area contributed by atoms with Gasteiger partial charge in [-0.2, -0.15) is 0 Å². The van der Waals surface area contributed by atoms with Crippen LogP contribution in [0.15, 0.2) is 64.5 Å². The maximum atomic E-state index is 4.80. The van der Waals surface area contributed by atoms with Crippen LogP contribution in [0.3, 0.4) is 0 Å². The predicted molar refractivity (Wildman–Crippen MR) is 109 cm³/mol. The molecule has 1 aromatic heterocycles. The van der Waals surface area contributed by atoms with Gasteiger partial charge in [0.25, 0.3) is 0 Å². The molecule has 4 rings (SSSR count). The summed E-state index contributed by atoms with van der Waals surface area (Å²) in [4.78, 5) is 12.0. The lowest BCUT2D eigenvalue weighted by molar-refractivity contribution is 0.548. The molecule has 0 spiro atoms. The fourth-order valence-electron chi connectivity index (χ4n) is 3.39. The minimum absolute atomic E-state index is 0.873. The number of likely N-dealkylation sites (tertiary alicyclic amines) is 1. The van der Waals surface area contributed by atoms with Crippen molar-refractivity contribution >= 4 is 28.5 Å². The Morgan fingerprint density at radius 2 is 1.88 bits per heavy atom. The van der Waals surface area contributed by atoms with Crippen LogP contribution in [-0.4, -0.2) is 41.6 Å². The number of aromatic amines is 1. The van der Waals surface area contributed by atoms with Gasteiger partial charge in [-0.05, 0) is 18.1 Å². The highest BCUT2D eigenvalue weighted by Gasteiger charge is 2.15. The fraction of sp³-hybridized carbons (Fsp3) is 0.286. The van der Waals surface area contributed by atoms with Crippen molar-refractivity contribution in [3.63, 3.8) is 0 Å². The molecule has 128 valence electrons. The number of benzene rings is 2. The number of para-hydroxylation sites is 1. The van der Waals surface area contributed by atoms with E-state index >= 15 is 0 Å². The van der Waals surface area contributed by atoms with Gasteiger partial charge in [-0.25, -0.2) is 0 Å². The van der Waals surface area contributed by atoms with Crippen LogP contribution in [0.2, 0.25) is 0 Å². The standard InChI is InChI=1S/C21H23N3S/c1-24-14-7-12-19(24)22-13-15-25-21-17-10-5-6-11-18(17)23-20(21)16-8-3-2-4-9-16/h2-6,8-11,23H,7,12-15H2,1H3. The Morgan fingerprint density at radius 3 is 2.68 bits per heavy atom. The van der Waals surface area contributed by atoms with E-state index in [9.17, 15) is 0 Å². The van der Waals surface area contributed by atoms with E-state index in [-0.39, 0.29) is 0 Å². The summed E-state index contributed by atoms with van der Waals surface area (Å²) in [5, 5.41) is 1.30. The molecule has 0 bridgehead atoms. The zero-order valence-corrected chi connectivity index (χ0v) is 15.4. The molecule has 2 aromatic carbocycles. The Hall–Kier alpha value is -2.20. The summed E-state index contributed by atoms with van der Waals surface area (Å²) in [6.07, 6.45) is 2.37. The van der Waals surface area contributed by atoms with E-state index in [2.05, 4.69) is 71.5 Å². The van der Waals surface area contributed by atoms with Crippen LogP contribution >= 0.6 is 11.8 Å². The number of aliphatic imine (C=N–C) groups is 1. The first-order chi connectivity index (χ1) is 12.3. The number of thioether (sulfide) groups is 1. The van der Waals surface area contributed by atoms with E-state index in [1.807, 2.05) is 11.8 Å². The largest absolute Gasteiger partial charge is 0.363 e. The number of fused-ring (bicyclic) bond motifs is 1. The number of nitrogens with one attached hydrogen (secondary N) is 1. The van der Waals surface area contributed by atoms with Gasteiger partial charge in [0, 0.05) is 41.6 Å². The number of hydrogen-bond donors (Lipinski definition) is 1. The minimum atomic E-state index is 0.873. The quantitative estimate of drug-likeness (QED) is 0.516. The fourth-order valence-corrected chi connectivity index (χ4v) is 4.42. The molecule has 1 saturated heterocycles. The van der Waals surface area contributed by atoms with Crippen molar-refractivity contribution in [1.29, 1.82) is 0 Å². The second-order valence-electron chi connectivity index (χ2n) is 6.41. The van der Waals surface area contributed by atoms with E-state index in [0.717, 1.165) is 25.3 Å². The van der Waals surface area contributed by atoms with E-state index in [1.165, 1.54) is 39.3 Å². The normalized spacial score (nSPS) is 16.2. The van der Waals surface area contributed by atoms with Crippen molar-refractivity contribution in [3.8, 4) is 11.3 Å². The Bertz CT molecular complexity index is 883. The lowest BCUT2D eigenvalue weighted by Crippen LogP contribution is -2.19. The van der Waals surface area contributed by atoms with E-state index in [0.29, 0.717) is 0 Å². The van der Waals surface area contributed by atoms with Gasteiger partial charge in [-0.1, -0.05) is 48.5 Å². The SMILES string of the molecule is CN1CCCC1=NCCSc1c(-c2ccccc2)[nH]c2ccccc12. The number of hydrogen-bond acceptors (Lipinski definition) is 2. The number of H-pyrrole nitrogens is 1. The summed E-state index contributed by atoms with van der Waals surface area (Å²) in [6, 6.07) is 19.1. The molecule has 0 amide bonds.